The monoisotopic (exact) mass is 268 g/mol. The first kappa shape index (κ1) is 12.9. The number of fused-ring (bicyclic) bond motifs is 1. The van der Waals surface area contributed by atoms with Crippen LogP contribution in [0.4, 0.5) is 5.69 Å². The smallest absolute Gasteiger partial charge is 0.299 e. The van der Waals surface area contributed by atoms with Crippen LogP contribution in [-0.4, -0.2) is 18.2 Å². The number of benzene rings is 1. The van der Waals surface area contributed by atoms with Crippen molar-refractivity contribution in [1.29, 1.82) is 5.26 Å². The summed E-state index contributed by atoms with van der Waals surface area (Å²) >= 11 is 0. The Morgan fingerprint density at radius 3 is 2.50 bits per heavy atom. The van der Waals surface area contributed by atoms with Crippen LogP contribution in [0.5, 0.6) is 0 Å². The van der Waals surface area contributed by atoms with Crippen LogP contribution < -0.4 is 4.90 Å². The fourth-order valence-corrected chi connectivity index (χ4v) is 2.98. The van der Waals surface area contributed by atoms with Crippen molar-refractivity contribution in [2.24, 2.45) is 5.41 Å². The lowest BCUT2D eigenvalue weighted by Gasteiger charge is -2.23. The van der Waals surface area contributed by atoms with Gasteiger partial charge in [0.05, 0.1) is 17.3 Å². The highest BCUT2D eigenvalue weighted by Crippen LogP contribution is 2.51. The number of hydrogen-bond acceptors (Lipinski definition) is 3. The van der Waals surface area contributed by atoms with Gasteiger partial charge in [-0.05, 0) is 37.8 Å². The van der Waals surface area contributed by atoms with E-state index >= 15 is 0 Å². The Kier molecular flexibility index (Phi) is 2.68. The molecule has 1 aliphatic heterocycles. The van der Waals surface area contributed by atoms with Gasteiger partial charge in [0.2, 0.25) is 0 Å². The molecular weight excluding hydrogens is 252 g/mol. The molecule has 1 aromatic carbocycles. The summed E-state index contributed by atoms with van der Waals surface area (Å²) in [5.74, 6) is -0.851. The predicted molar refractivity (Wildman–Crippen MR) is 74.5 cm³/mol. The van der Waals surface area contributed by atoms with Crippen molar-refractivity contribution < 1.29 is 9.59 Å². The highest BCUT2D eigenvalue weighted by Gasteiger charge is 2.48. The van der Waals surface area contributed by atoms with Crippen LogP contribution in [-0.2, 0) is 4.79 Å². The third kappa shape index (κ3) is 1.74. The van der Waals surface area contributed by atoms with E-state index in [9.17, 15) is 9.59 Å². The Morgan fingerprint density at radius 1 is 1.25 bits per heavy atom. The van der Waals surface area contributed by atoms with Crippen LogP contribution in [0.1, 0.15) is 40.7 Å². The summed E-state index contributed by atoms with van der Waals surface area (Å²) in [6.07, 6.45) is 2.36. The molecule has 4 heteroatoms. The highest BCUT2D eigenvalue weighted by atomic mass is 16.2. The van der Waals surface area contributed by atoms with Crippen LogP contribution in [0.3, 0.4) is 0 Å². The third-order valence-corrected chi connectivity index (χ3v) is 4.43. The molecule has 0 radical (unpaired) electrons. The molecule has 1 amide bonds. The minimum absolute atomic E-state index is 0.0948. The second-order valence-corrected chi connectivity index (χ2v) is 5.98. The molecule has 0 saturated heterocycles. The molecule has 20 heavy (non-hydrogen) atoms. The van der Waals surface area contributed by atoms with Gasteiger partial charge < -0.3 is 4.90 Å². The van der Waals surface area contributed by atoms with E-state index in [0.717, 1.165) is 29.7 Å². The number of ketones is 1. The number of carbonyl (C=O) groups is 2. The number of carbonyl (C=O) groups excluding carboxylic acids is 2. The predicted octanol–water partition coefficient (Wildman–Crippen LogP) is 2.53. The van der Waals surface area contributed by atoms with Gasteiger partial charge in [-0.3, -0.25) is 9.59 Å². The van der Waals surface area contributed by atoms with E-state index in [2.05, 4.69) is 6.07 Å². The Hall–Kier alpha value is -2.15. The first-order valence-electron chi connectivity index (χ1n) is 6.82. The Labute approximate surface area is 118 Å². The molecule has 1 heterocycles. The molecule has 1 fully saturated rings. The summed E-state index contributed by atoms with van der Waals surface area (Å²) in [4.78, 5) is 26.1. The van der Waals surface area contributed by atoms with E-state index in [1.54, 1.807) is 4.90 Å². The van der Waals surface area contributed by atoms with Crippen molar-refractivity contribution in [1.82, 2.24) is 0 Å². The van der Waals surface area contributed by atoms with Crippen molar-refractivity contribution in [3.05, 3.63) is 28.8 Å². The average molecular weight is 268 g/mol. The molecule has 102 valence electrons. The van der Waals surface area contributed by atoms with Gasteiger partial charge in [0.1, 0.15) is 0 Å². The molecule has 1 aromatic rings. The van der Waals surface area contributed by atoms with Gasteiger partial charge in [-0.15, -0.1) is 0 Å². The van der Waals surface area contributed by atoms with E-state index in [-0.39, 0.29) is 5.41 Å². The van der Waals surface area contributed by atoms with Gasteiger partial charge in [-0.25, -0.2) is 0 Å². The maximum absolute atomic E-state index is 12.3. The normalized spacial score (nSPS) is 18.9. The zero-order chi connectivity index (χ0) is 14.5. The number of nitrogens with zero attached hydrogens (tertiary/aromatic N) is 2. The first-order chi connectivity index (χ1) is 9.49. The SMILES string of the molecule is Cc1ccc(C)c2c1C(=O)C(=O)N2CC1(CC#N)CC1. The lowest BCUT2D eigenvalue weighted by Crippen LogP contribution is -2.35. The summed E-state index contributed by atoms with van der Waals surface area (Å²) in [5.41, 5.74) is 2.99. The number of Topliss-reactive ketones (excluding diaryl/α,β-unsaturated/α-hetero) is 1. The molecule has 0 unspecified atom stereocenters. The Balaban J connectivity index is 2.03. The largest absolute Gasteiger partial charge is 0.304 e. The second-order valence-electron chi connectivity index (χ2n) is 5.98. The van der Waals surface area contributed by atoms with E-state index in [1.807, 2.05) is 26.0 Å². The van der Waals surface area contributed by atoms with Crippen LogP contribution >= 0.6 is 0 Å². The summed E-state index contributed by atoms with van der Waals surface area (Å²) in [7, 11) is 0. The molecule has 0 aromatic heterocycles. The Morgan fingerprint density at radius 2 is 1.90 bits per heavy atom. The number of anilines is 1. The van der Waals surface area contributed by atoms with Crippen molar-refractivity contribution in [3.8, 4) is 6.07 Å². The van der Waals surface area contributed by atoms with Gasteiger partial charge in [-0.1, -0.05) is 12.1 Å². The summed E-state index contributed by atoms with van der Waals surface area (Å²) in [5, 5.41) is 8.91. The Bertz CT molecular complexity index is 666. The van der Waals surface area contributed by atoms with Gasteiger partial charge in [0.15, 0.2) is 0 Å². The van der Waals surface area contributed by atoms with E-state index < -0.39 is 11.7 Å². The fourth-order valence-electron chi connectivity index (χ4n) is 2.98. The minimum Gasteiger partial charge on any atom is -0.304 e. The zero-order valence-corrected chi connectivity index (χ0v) is 11.7. The second kappa shape index (κ2) is 4.17. The minimum atomic E-state index is -0.443. The van der Waals surface area contributed by atoms with Crippen LogP contribution in [0, 0.1) is 30.6 Å². The maximum Gasteiger partial charge on any atom is 0.299 e. The molecule has 0 spiro atoms. The number of aryl methyl sites for hydroxylation is 2. The van der Waals surface area contributed by atoms with Crippen molar-refractivity contribution >= 4 is 17.4 Å². The van der Waals surface area contributed by atoms with Gasteiger partial charge >= 0.3 is 0 Å². The van der Waals surface area contributed by atoms with Gasteiger partial charge in [-0.2, -0.15) is 5.26 Å². The van der Waals surface area contributed by atoms with Crippen LogP contribution in [0.2, 0.25) is 0 Å². The first-order valence-corrected chi connectivity index (χ1v) is 6.82. The van der Waals surface area contributed by atoms with Crippen LogP contribution in [0.25, 0.3) is 0 Å². The molecule has 0 bridgehead atoms. The third-order valence-electron chi connectivity index (χ3n) is 4.43. The zero-order valence-electron chi connectivity index (χ0n) is 11.7. The quantitative estimate of drug-likeness (QED) is 0.791. The fraction of sp³-hybridized carbons (Fsp3) is 0.438. The van der Waals surface area contributed by atoms with E-state index in [0.29, 0.717) is 18.5 Å². The molecule has 1 aliphatic carbocycles. The standard InChI is InChI=1S/C16H16N2O2/c1-10-3-4-11(2)13-12(10)14(19)15(20)18(13)9-16(5-6-16)7-8-17/h3-4H,5-7,9H2,1-2H3. The van der Waals surface area contributed by atoms with Crippen molar-refractivity contribution in [2.75, 3.05) is 11.4 Å². The summed E-state index contributed by atoms with van der Waals surface area (Å²) in [6, 6.07) is 6.02. The molecule has 2 aliphatic rings. The topological polar surface area (TPSA) is 61.2 Å². The van der Waals surface area contributed by atoms with E-state index in [4.69, 9.17) is 5.26 Å². The molecule has 0 N–H and O–H groups in total. The van der Waals surface area contributed by atoms with Crippen molar-refractivity contribution in [2.45, 2.75) is 33.1 Å². The van der Waals surface area contributed by atoms with Crippen LogP contribution in [0.15, 0.2) is 12.1 Å². The summed E-state index contributed by atoms with van der Waals surface area (Å²) in [6.45, 7) is 4.26. The average Bonchev–Trinajstić information content (AvgIpc) is 3.12. The summed E-state index contributed by atoms with van der Waals surface area (Å²) < 4.78 is 0. The van der Waals surface area contributed by atoms with Gasteiger partial charge in [0.25, 0.3) is 11.7 Å². The lowest BCUT2D eigenvalue weighted by atomic mass is 10.0. The number of hydrogen-bond donors (Lipinski definition) is 0. The number of nitriles is 1. The van der Waals surface area contributed by atoms with E-state index in [1.165, 1.54) is 0 Å². The molecule has 0 atom stereocenters. The van der Waals surface area contributed by atoms with Gasteiger partial charge in [0, 0.05) is 18.4 Å². The highest BCUT2D eigenvalue weighted by molar-refractivity contribution is 6.52. The number of rotatable bonds is 3. The van der Waals surface area contributed by atoms with Crippen molar-refractivity contribution in [3.63, 3.8) is 0 Å². The molecular formula is C16H16N2O2. The molecule has 1 saturated carbocycles. The molecule has 3 rings (SSSR count). The maximum atomic E-state index is 12.3. The molecule has 4 nitrogen and oxygen atoms in total. The number of amides is 1. The lowest BCUT2D eigenvalue weighted by molar-refractivity contribution is -0.114.